The fourth-order valence-electron chi connectivity index (χ4n) is 4.44. The molecule has 0 aliphatic carbocycles. The van der Waals surface area contributed by atoms with Gasteiger partial charge in [-0.3, -0.25) is 0 Å². The van der Waals surface area contributed by atoms with Crippen molar-refractivity contribution in [1.82, 2.24) is 4.90 Å². The molecule has 5 heteroatoms. The van der Waals surface area contributed by atoms with Gasteiger partial charge in [-0.2, -0.15) is 0 Å². The second-order valence-corrected chi connectivity index (χ2v) is 11.4. The maximum atomic E-state index is 10.9. The average molecular weight is 446 g/mol. The van der Waals surface area contributed by atoms with Gasteiger partial charge in [0.25, 0.3) is 0 Å². The number of ether oxygens (including phenoxy) is 1. The molecule has 1 aliphatic heterocycles. The first-order chi connectivity index (χ1) is 15.1. The van der Waals surface area contributed by atoms with Crippen molar-refractivity contribution in [2.24, 2.45) is 23.0 Å². The van der Waals surface area contributed by atoms with Crippen molar-refractivity contribution in [2.75, 3.05) is 37.7 Å². The highest BCUT2D eigenvalue weighted by Crippen LogP contribution is 2.27. The fraction of sp³-hybridized carbons (Fsp3) is 0.741. The first kappa shape index (κ1) is 26.7. The predicted molar refractivity (Wildman–Crippen MR) is 135 cm³/mol. The van der Waals surface area contributed by atoms with Crippen LogP contribution >= 0.6 is 0 Å². The van der Waals surface area contributed by atoms with Gasteiger partial charge in [-0.1, -0.05) is 41.5 Å². The molecule has 182 valence electrons. The zero-order valence-corrected chi connectivity index (χ0v) is 21.3. The van der Waals surface area contributed by atoms with Crippen LogP contribution in [0.5, 0.6) is 5.75 Å². The molecule has 2 N–H and O–H groups in total. The van der Waals surface area contributed by atoms with Gasteiger partial charge in [0.15, 0.2) is 0 Å². The number of rotatable bonds is 12. The quantitative estimate of drug-likeness (QED) is 0.460. The molecule has 5 nitrogen and oxygen atoms in total. The van der Waals surface area contributed by atoms with Crippen LogP contribution in [-0.2, 0) is 4.79 Å². The van der Waals surface area contributed by atoms with Gasteiger partial charge in [0.1, 0.15) is 12.0 Å². The van der Waals surface area contributed by atoms with E-state index in [9.17, 15) is 4.79 Å². The summed E-state index contributed by atoms with van der Waals surface area (Å²) < 4.78 is 5.99. The van der Waals surface area contributed by atoms with Crippen molar-refractivity contribution in [3.05, 3.63) is 24.3 Å². The van der Waals surface area contributed by atoms with Crippen LogP contribution in [0, 0.1) is 17.3 Å². The Bertz CT molecular complexity index is 668. The lowest BCUT2D eigenvalue weighted by atomic mass is 9.98. The van der Waals surface area contributed by atoms with Gasteiger partial charge >= 0.3 is 0 Å². The molecule has 1 heterocycles. The summed E-state index contributed by atoms with van der Waals surface area (Å²) in [6.45, 7) is 18.4. The van der Waals surface area contributed by atoms with E-state index in [1.807, 2.05) is 0 Å². The summed E-state index contributed by atoms with van der Waals surface area (Å²) >= 11 is 0. The minimum atomic E-state index is -0.341. The Morgan fingerprint density at radius 3 is 2.50 bits per heavy atom. The van der Waals surface area contributed by atoms with Gasteiger partial charge in [0.05, 0.1) is 12.6 Å². The fourth-order valence-corrected chi connectivity index (χ4v) is 4.44. The van der Waals surface area contributed by atoms with Crippen LogP contribution in [0.1, 0.15) is 67.2 Å². The van der Waals surface area contributed by atoms with Gasteiger partial charge in [0, 0.05) is 31.4 Å². The van der Waals surface area contributed by atoms with E-state index in [4.69, 9.17) is 10.5 Å². The predicted octanol–water partition coefficient (Wildman–Crippen LogP) is 4.98. The molecule has 1 aliphatic rings. The number of nitrogens with two attached hydrogens (primary N) is 1. The van der Waals surface area contributed by atoms with E-state index in [0.29, 0.717) is 24.5 Å². The van der Waals surface area contributed by atoms with Crippen LogP contribution in [0.3, 0.4) is 0 Å². The molecule has 0 amide bonds. The first-order valence-corrected chi connectivity index (χ1v) is 12.5. The molecule has 1 saturated heterocycles. The molecule has 0 aromatic heterocycles. The monoisotopic (exact) mass is 445 g/mol. The standard InChI is InChI=1S/C27H47N3O2/c1-21(2)13-15-30(24-9-11-26(12-10-24)32-20-27(4,5)6)25-8-7-14-29(18-25)17-22(3)16-23(28)19-31/h9-12,19,21-23,25H,7-8,13-18,20,28H2,1-6H3. The number of likely N-dealkylation sites (tertiary alicyclic amines) is 1. The molecule has 3 unspecified atom stereocenters. The van der Waals surface area contributed by atoms with Gasteiger partial charge in [0.2, 0.25) is 0 Å². The van der Waals surface area contributed by atoms with Crippen LogP contribution < -0.4 is 15.4 Å². The lowest BCUT2D eigenvalue weighted by molar-refractivity contribution is -0.109. The largest absolute Gasteiger partial charge is 0.493 e. The number of carbonyl (C=O) groups is 1. The van der Waals surface area contributed by atoms with E-state index < -0.39 is 0 Å². The van der Waals surface area contributed by atoms with Crippen molar-refractivity contribution in [2.45, 2.75) is 79.3 Å². The first-order valence-electron chi connectivity index (χ1n) is 12.5. The van der Waals surface area contributed by atoms with E-state index in [1.54, 1.807) is 0 Å². The van der Waals surface area contributed by atoms with Gasteiger partial charge in [-0.25, -0.2) is 0 Å². The Labute approximate surface area is 196 Å². The third-order valence-electron chi connectivity index (χ3n) is 6.13. The van der Waals surface area contributed by atoms with E-state index in [0.717, 1.165) is 44.6 Å². The van der Waals surface area contributed by atoms with E-state index >= 15 is 0 Å². The van der Waals surface area contributed by atoms with E-state index in [-0.39, 0.29) is 11.5 Å². The smallest absolute Gasteiger partial charge is 0.136 e. The van der Waals surface area contributed by atoms with Crippen LogP contribution in [0.25, 0.3) is 0 Å². The van der Waals surface area contributed by atoms with Gasteiger partial charge in [-0.15, -0.1) is 0 Å². The third kappa shape index (κ3) is 9.50. The number of aldehydes is 1. The molecule has 1 aromatic carbocycles. The molecule has 0 radical (unpaired) electrons. The number of hydrogen-bond donors (Lipinski definition) is 1. The summed E-state index contributed by atoms with van der Waals surface area (Å²) in [7, 11) is 0. The number of nitrogens with zero attached hydrogens (tertiary/aromatic N) is 2. The Balaban J connectivity index is 2.06. The number of carbonyl (C=O) groups excluding carboxylic acids is 1. The topological polar surface area (TPSA) is 58.8 Å². The molecule has 1 aromatic rings. The normalized spacial score (nSPS) is 19.6. The summed E-state index contributed by atoms with van der Waals surface area (Å²) in [5.74, 6) is 2.05. The van der Waals surface area contributed by atoms with E-state index in [1.165, 1.54) is 24.9 Å². The second-order valence-electron chi connectivity index (χ2n) is 11.4. The molecule has 0 saturated carbocycles. The Morgan fingerprint density at radius 1 is 1.22 bits per heavy atom. The number of anilines is 1. The van der Waals surface area contributed by atoms with E-state index in [2.05, 4.69) is 75.6 Å². The molecule has 1 fully saturated rings. The van der Waals surface area contributed by atoms with Crippen LogP contribution in [0.15, 0.2) is 24.3 Å². The van der Waals surface area contributed by atoms with Crippen LogP contribution in [-0.4, -0.2) is 56.1 Å². The summed E-state index contributed by atoms with van der Waals surface area (Å²) in [5.41, 5.74) is 7.29. The molecular formula is C27H47N3O2. The zero-order chi connectivity index (χ0) is 23.7. The zero-order valence-electron chi connectivity index (χ0n) is 21.3. The molecule has 3 atom stereocenters. The minimum Gasteiger partial charge on any atom is -0.493 e. The lowest BCUT2D eigenvalue weighted by Gasteiger charge is -2.42. The van der Waals surface area contributed by atoms with Crippen molar-refractivity contribution >= 4 is 12.0 Å². The number of piperidine rings is 1. The van der Waals surface area contributed by atoms with Crippen molar-refractivity contribution in [3.8, 4) is 5.75 Å². The SMILES string of the molecule is CC(C)CCN(c1ccc(OCC(C)(C)C)cc1)C1CCCN(CC(C)CC(N)C=O)C1. The number of benzene rings is 1. The summed E-state index contributed by atoms with van der Waals surface area (Å²) in [4.78, 5) is 16.1. The highest BCUT2D eigenvalue weighted by atomic mass is 16.5. The summed E-state index contributed by atoms with van der Waals surface area (Å²) in [5, 5.41) is 0. The van der Waals surface area contributed by atoms with Crippen LogP contribution in [0.2, 0.25) is 0 Å². The maximum Gasteiger partial charge on any atom is 0.136 e. The van der Waals surface area contributed by atoms with Crippen LogP contribution in [0.4, 0.5) is 5.69 Å². The number of hydrogen-bond acceptors (Lipinski definition) is 5. The summed E-state index contributed by atoms with van der Waals surface area (Å²) in [6.07, 6.45) is 5.25. The maximum absolute atomic E-state index is 10.9. The minimum absolute atomic E-state index is 0.153. The highest BCUT2D eigenvalue weighted by Gasteiger charge is 2.27. The van der Waals surface area contributed by atoms with Gasteiger partial charge < -0.3 is 25.1 Å². The lowest BCUT2D eigenvalue weighted by Crippen LogP contribution is -2.49. The third-order valence-corrected chi connectivity index (χ3v) is 6.13. The van der Waals surface area contributed by atoms with Gasteiger partial charge in [-0.05, 0) is 73.7 Å². The molecular weight excluding hydrogens is 398 g/mol. The Morgan fingerprint density at radius 2 is 1.91 bits per heavy atom. The van der Waals surface area contributed by atoms with Crippen molar-refractivity contribution in [3.63, 3.8) is 0 Å². The molecule has 2 rings (SSSR count). The average Bonchev–Trinajstić information content (AvgIpc) is 2.72. The Kier molecular flexibility index (Phi) is 10.5. The molecule has 0 spiro atoms. The van der Waals surface area contributed by atoms with Crippen molar-refractivity contribution < 1.29 is 9.53 Å². The van der Waals surface area contributed by atoms with Crippen molar-refractivity contribution in [1.29, 1.82) is 0 Å². The molecule has 32 heavy (non-hydrogen) atoms. The molecule has 0 bridgehead atoms. The Hall–Kier alpha value is -1.59. The summed E-state index contributed by atoms with van der Waals surface area (Å²) in [6, 6.07) is 8.86. The highest BCUT2D eigenvalue weighted by molar-refractivity contribution is 5.56. The second kappa shape index (κ2) is 12.6.